The molecule has 22 heavy (non-hydrogen) atoms. The zero-order valence-corrected chi connectivity index (χ0v) is 12.5. The van der Waals surface area contributed by atoms with Crippen molar-refractivity contribution >= 4 is 11.7 Å². The zero-order valence-electron chi connectivity index (χ0n) is 12.5. The van der Waals surface area contributed by atoms with Gasteiger partial charge >= 0.3 is 5.97 Å². The zero-order chi connectivity index (χ0) is 15.7. The summed E-state index contributed by atoms with van der Waals surface area (Å²) in [4.78, 5) is 13.4. The van der Waals surface area contributed by atoms with E-state index in [1.165, 1.54) is 5.56 Å². The molecular weight excluding hydrogens is 284 g/mol. The van der Waals surface area contributed by atoms with E-state index in [4.69, 9.17) is 9.84 Å². The Balaban J connectivity index is 1.91. The second kappa shape index (κ2) is 5.67. The molecular formula is C15H18N4O3. The van der Waals surface area contributed by atoms with E-state index < -0.39 is 5.97 Å². The largest absolute Gasteiger partial charge is 0.476 e. The molecule has 1 aromatic carbocycles. The van der Waals surface area contributed by atoms with Gasteiger partial charge in [-0.3, -0.25) is 0 Å². The van der Waals surface area contributed by atoms with Crippen molar-refractivity contribution in [3.8, 4) is 11.6 Å². The van der Waals surface area contributed by atoms with E-state index in [1.54, 1.807) is 0 Å². The Morgan fingerprint density at radius 2 is 2.27 bits per heavy atom. The van der Waals surface area contributed by atoms with Gasteiger partial charge in [-0.25, -0.2) is 9.89 Å². The first-order valence-corrected chi connectivity index (χ1v) is 7.28. The average Bonchev–Trinajstić information content (AvgIpc) is 2.94. The van der Waals surface area contributed by atoms with Crippen molar-refractivity contribution in [1.29, 1.82) is 0 Å². The minimum Gasteiger partial charge on any atom is -0.476 e. The minimum absolute atomic E-state index is 0.0284. The number of aromatic nitrogens is 3. The Bertz CT molecular complexity index is 696. The summed E-state index contributed by atoms with van der Waals surface area (Å²) >= 11 is 0. The van der Waals surface area contributed by atoms with Gasteiger partial charge in [0, 0.05) is 24.3 Å². The molecule has 0 radical (unpaired) electrons. The molecule has 7 heteroatoms. The lowest BCUT2D eigenvalue weighted by atomic mass is 10.0. The van der Waals surface area contributed by atoms with Crippen LogP contribution in [0.3, 0.4) is 0 Å². The third kappa shape index (κ3) is 2.61. The summed E-state index contributed by atoms with van der Waals surface area (Å²) in [6.45, 7) is 5.32. The van der Waals surface area contributed by atoms with Gasteiger partial charge in [-0.05, 0) is 38.3 Å². The molecule has 0 atom stereocenters. The molecule has 2 heterocycles. The van der Waals surface area contributed by atoms with E-state index in [0.29, 0.717) is 11.8 Å². The van der Waals surface area contributed by atoms with Crippen molar-refractivity contribution in [2.75, 3.05) is 11.4 Å². The van der Waals surface area contributed by atoms with Crippen molar-refractivity contribution in [3.05, 3.63) is 29.5 Å². The Kier molecular flexibility index (Phi) is 3.70. The molecule has 116 valence electrons. The first kappa shape index (κ1) is 14.4. The maximum absolute atomic E-state index is 11.0. The number of benzene rings is 1. The number of ether oxygens (including phenoxy) is 1. The monoisotopic (exact) mass is 302 g/mol. The van der Waals surface area contributed by atoms with Crippen LogP contribution in [0.1, 0.15) is 36.3 Å². The highest BCUT2D eigenvalue weighted by Crippen LogP contribution is 2.33. The van der Waals surface area contributed by atoms with Crippen molar-refractivity contribution in [3.63, 3.8) is 0 Å². The number of nitrogens with zero attached hydrogens (tertiary/aromatic N) is 3. The Hall–Kier alpha value is -2.57. The van der Waals surface area contributed by atoms with Gasteiger partial charge in [0.15, 0.2) is 0 Å². The highest BCUT2D eigenvalue weighted by Gasteiger charge is 2.21. The Morgan fingerprint density at radius 1 is 1.45 bits per heavy atom. The lowest BCUT2D eigenvalue weighted by Crippen LogP contribution is -2.35. The topological polar surface area (TPSA) is 91.3 Å². The van der Waals surface area contributed by atoms with Crippen LogP contribution in [-0.4, -0.2) is 39.1 Å². The van der Waals surface area contributed by atoms with Gasteiger partial charge in [-0.15, -0.1) is 0 Å². The number of carboxylic acids is 1. The number of anilines is 1. The molecule has 0 unspecified atom stereocenters. The fraction of sp³-hybridized carbons (Fsp3) is 0.400. The molecule has 0 aliphatic carbocycles. The first-order chi connectivity index (χ1) is 10.6. The van der Waals surface area contributed by atoms with E-state index in [2.05, 4.69) is 34.2 Å². The fourth-order valence-corrected chi connectivity index (χ4v) is 2.72. The molecule has 0 saturated carbocycles. The summed E-state index contributed by atoms with van der Waals surface area (Å²) < 4.78 is 5.59. The summed E-state index contributed by atoms with van der Waals surface area (Å²) in [6.07, 6.45) is 2.18. The van der Waals surface area contributed by atoms with E-state index in [0.717, 1.165) is 25.1 Å². The van der Waals surface area contributed by atoms with E-state index in [1.807, 2.05) is 18.2 Å². The third-order valence-corrected chi connectivity index (χ3v) is 3.78. The second-order valence-electron chi connectivity index (χ2n) is 5.58. The summed E-state index contributed by atoms with van der Waals surface area (Å²) in [5, 5.41) is 18.5. The number of hydrogen-bond donors (Lipinski definition) is 2. The quantitative estimate of drug-likeness (QED) is 0.901. The predicted octanol–water partition coefficient (Wildman–Crippen LogP) is 2.46. The van der Waals surface area contributed by atoms with Crippen LogP contribution in [-0.2, 0) is 6.42 Å². The molecule has 0 bridgehead atoms. The van der Waals surface area contributed by atoms with Crippen LogP contribution >= 0.6 is 0 Å². The molecule has 7 nitrogen and oxygen atoms in total. The normalized spacial score (nSPS) is 14.0. The number of hydrogen-bond acceptors (Lipinski definition) is 5. The third-order valence-electron chi connectivity index (χ3n) is 3.78. The smallest absolute Gasteiger partial charge is 0.359 e. The Morgan fingerprint density at radius 3 is 3.00 bits per heavy atom. The standard InChI is InChI=1S/C15H18N4O3/c1-9(2)19-7-3-4-10-5-6-11(8-12(10)19)22-14-13(15(20)21)16-18-17-14/h5-6,8-9H,3-4,7H2,1-2H3,(H,20,21)(H,16,17,18). The number of aromatic amines is 1. The predicted molar refractivity (Wildman–Crippen MR) is 80.7 cm³/mol. The van der Waals surface area contributed by atoms with Gasteiger partial charge in [-0.1, -0.05) is 16.4 Å². The molecule has 3 rings (SSSR count). The van der Waals surface area contributed by atoms with Crippen LogP contribution in [0.4, 0.5) is 5.69 Å². The molecule has 2 aromatic rings. The second-order valence-corrected chi connectivity index (χ2v) is 5.58. The first-order valence-electron chi connectivity index (χ1n) is 7.28. The number of H-pyrrole nitrogens is 1. The molecule has 1 aromatic heterocycles. The summed E-state index contributed by atoms with van der Waals surface area (Å²) in [5.41, 5.74) is 2.27. The van der Waals surface area contributed by atoms with Crippen molar-refractivity contribution < 1.29 is 14.6 Å². The van der Waals surface area contributed by atoms with Crippen molar-refractivity contribution in [2.24, 2.45) is 0 Å². The average molecular weight is 302 g/mol. The van der Waals surface area contributed by atoms with Gasteiger partial charge < -0.3 is 14.7 Å². The molecule has 0 amide bonds. The molecule has 0 spiro atoms. The highest BCUT2D eigenvalue weighted by molar-refractivity contribution is 5.87. The molecule has 0 saturated heterocycles. The van der Waals surface area contributed by atoms with Crippen molar-refractivity contribution in [1.82, 2.24) is 15.4 Å². The van der Waals surface area contributed by atoms with Crippen LogP contribution < -0.4 is 9.64 Å². The number of nitrogens with one attached hydrogen (secondary N) is 1. The molecule has 1 aliphatic rings. The van der Waals surface area contributed by atoms with Gasteiger partial charge in [0.1, 0.15) is 5.75 Å². The van der Waals surface area contributed by atoms with Crippen molar-refractivity contribution in [2.45, 2.75) is 32.7 Å². The van der Waals surface area contributed by atoms with Crippen LogP contribution in [0.25, 0.3) is 0 Å². The highest BCUT2D eigenvalue weighted by atomic mass is 16.5. The SMILES string of the molecule is CC(C)N1CCCc2ccc(Oc3nn[nH]c3C(=O)O)cc21. The van der Waals surface area contributed by atoms with Gasteiger partial charge in [0.2, 0.25) is 5.69 Å². The van der Waals surface area contributed by atoms with E-state index in [-0.39, 0.29) is 11.6 Å². The summed E-state index contributed by atoms with van der Waals surface area (Å²) in [7, 11) is 0. The number of aromatic carboxylic acids is 1. The van der Waals surface area contributed by atoms with Gasteiger partial charge in [0.05, 0.1) is 0 Å². The molecule has 2 N–H and O–H groups in total. The van der Waals surface area contributed by atoms with Crippen LogP contribution in [0.15, 0.2) is 18.2 Å². The van der Waals surface area contributed by atoms with Crippen LogP contribution in [0, 0.1) is 0 Å². The fourth-order valence-electron chi connectivity index (χ4n) is 2.72. The van der Waals surface area contributed by atoms with E-state index in [9.17, 15) is 4.79 Å². The number of rotatable bonds is 4. The summed E-state index contributed by atoms with van der Waals surface area (Å²) in [6, 6.07) is 6.20. The number of fused-ring (bicyclic) bond motifs is 1. The number of carboxylic acid groups (broad SMARTS) is 1. The van der Waals surface area contributed by atoms with Gasteiger partial charge in [-0.2, -0.15) is 0 Å². The number of carbonyl (C=O) groups is 1. The van der Waals surface area contributed by atoms with Crippen LogP contribution in [0.2, 0.25) is 0 Å². The summed E-state index contributed by atoms with van der Waals surface area (Å²) in [5.74, 6) is -0.621. The van der Waals surface area contributed by atoms with Gasteiger partial charge in [0.25, 0.3) is 5.88 Å². The Labute approximate surface area is 127 Å². The lowest BCUT2D eigenvalue weighted by molar-refractivity contribution is 0.0687. The lowest BCUT2D eigenvalue weighted by Gasteiger charge is -2.34. The maximum Gasteiger partial charge on any atom is 0.359 e. The maximum atomic E-state index is 11.0. The minimum atomic E-state index is -1.15. The number of aryl methyl sites for hydroxylation is 1. The van der Waals surface area contributed by atoms with E-state index >= 15 is 0 Å². The van der Waals surface area contributed by atoms with Crippen LogP contribution in [0.5, 0.6) is 11.6 Å². The molecule has 1 aliphatic heterocycles. The molecule has 0 fully saturated rings.